The molecule has 4 fully saturated rings. The number of nitrogens with zero attached hydrogens (tertiary/aromatic N) is 2. The molecule has 1 aromatic carbocycles. The fourth-order valence-electron chi connectivity index (χ4n) is 8.97. The van der Waals surface area contributed by atoms with E-state index in [1.54, 1.807) is 14.2 Å². The van der Waals surface area contributed by atoms with Gasteiger partial charge in [0.2, 0.25) is 5.91 Å². The van der Waals surface area contributed by atoms with Gasteiger partial charge in [-0.15, -0.1) is 0 Å². The summed E-state index contributed by atoms with van der Waals surface area (Å²) >= 11 is 2.35. The van der Waals surface area contributed by atoms with Crippen LogP contribution in [-0.2, 0) is 14.9 Å². The Balaban J connectivity index is 1.58. The minimum atomic E-state index is -0.190. The summed E-state index contributed by atoms with van der Waals surface area (Å²) in [5, 5.41) is 0. The van der Waals surface area contributed by atoms with Gasteiger partial charge in [0.15, 0.2) is 11.5 Å². The molecule has 32 heavy (non-hydrogen) atoms. The van der Waals surface area contributed by atoms with Gasteiger partial charge in [0, 0.05) is 30.0 Å². The SMILES string of the molecule is COc1cc2c(cc1OC)[C@@]13CCN4CC5=CCO[C@H]6C(I)C(=O)N2[C@H]1[C@H]6[C@H]5C(C)(C)[C@H]43. The van der Waals surface area contributed by atoms with Crippen LogP contribution < -0.4 is 14.4 Å². The highest BCUT2D eigenvalue weighted by molar-refractivity contribution is 14.1. The monoisotopic (exact) mass is 548 g/mol. The summed E-state index contributed by atoms with van der Waals surface area (Å²) in [5.41, 5.74) is 3.80. The first-order valence-electron chi connectivity index (χ1n) is 11.6. The maximum atomic E-state index is 13.9. The fraction of sp³-hybridized carbons (Fsp3) is 0.640. The summed E-state index contributed by atoms with van der Waals surface area (Å²) in [4.78, 5) is 18.8. The zero-order valence-corrected chi connectivity index (χ0v) is 21.1. The zero-order valence-electron chi connectivity index (χ0n) is 18.9. The molecule has 0 radical (unpaired) electrons. The van der Waals surface area contributed by atoms with E-state index in [2.05, 4.69) is 64.4 Å². The Kier molecular flexibility index (Phi) is 3.90. The maximum Gasteiger partial charge on any atom is 0.242 e. The van der Waals surface area contributed by atoms with Crippen molar-refractivity contribution in [2.75, 3.05) is 38.8 Å². The number of anilines is 1. The molecule has 6 aliphatic rings. The van der Waals surface area contributed by atoms with Crippen molar-refractivity contribution < 1.29 is 19.0 Å². The third-order valence-corrected chi connectivity index (χ3v) is 10.8. The van der Waals surface area contributed by atoms with Gasteiger partial charge in [0.05, 0.1) is 38.7 Å². The van der Waals surface area contributed by atoms with Crippen LogP contribution in [0.5, 0.6) is 11.5 Å². The molecule has 5 heterocycles. The number of fused-ring (bicyclic) bond motifs is 2. The molecule has 6 nitrogen and oxygen atoms in total. The third-order valence-electron chi connectivity index (χ3n) is 9.55. The van der Waals surface area contributed by atoms with Crippen LogP contribution in [0.1, 0.15) is 25.8 Å². The molecule has 7 rings (SSSR count). The Hall–Kier alpha value is -1.32. The minimum absolute atomic E-state index is 0.0505. The lowest BCUT2D eigenvalue weighted by Gasteiger charge is -2.66. The molecule has 0 aromatic heterocycles. The minimum Gasteiger partial charge on any atom is -0.493 e. The molecule has 0 N–H and O–H groups in total. The summed E-state index contributed by atoms with van der Waals surface area (Å²) in [6.45, 7) is 7.65. The molecule has 1 spiro atoms. The van der Waals surface area contributed by atoms with Crippen LogP contribution >= 0.6 is 22.6 Å². The Morgan fingerprint density at radius 2 is 1.94 bits per heavy atom. The van der Waals surface area contributed by atoms with Gasteiger partial charge < -0.3 is 19.1 Å². The number of alkyl halides is 1. The molecule has 3 saturated heterocycles. The summed E-state index contributed by atoms with van der Waals surface area (Å²) < 4.78 is 17.7. The molecule has 2 bridgehead atoms. The second-order valence-corrected chi connectivity index (χ2v) is 12.2. The summed E-state index contributed by atoms with van der Waals surface area (Å²) in [6, 6.07) is 4.74. The molecule has 1 aliphatic carbocycles. The van der Waals surface area contributed by atoms with E-state index < -0.39 is 0 Å². The number of hydrogen-bond donors (Lipinski definition) is 0. The van der Waals surface area contributed by atoms with E-state index in [0.29, 0.717) is 30.2 Å². The number of amides is 1. The lowest BCUT2D eigenvalue weighted by atomic mass is 9.45. The van der Waals surface area contributed by atoms with Crippen LogP contribution in [0, 0.1) is 17.3 Å². The number of hydrogen-bond acceptors (Lipinski definition) is 5. The Labute approximate surface area is 202 Å². The fourth-order valence-corrected chi connectivity index (χ4v) is 9.95. The second kappa shape index (κ2) is 6.21. The molecule has 170 valence electrons. The number of carbonyl (C=O) groups is 1. The van der Waals surface area contributed by atoms with Gasteiger partial charge in [-0.25, -0.2) is 0 Å². The predicted octanol–water partition coefficient (Wildman–Crippen LogP) is 3.16. The lowest BCUT2D eigenvalue weighted by molar-refractivity contribution is -0.141. The van der Waals surface area contributed by atoms with Crippen LogP contribution in [0.3, 0.4) is 0 Å². The molecule has 7 heteroatoms. The van der Waals surface area contributed by atoms with Crippen molar-refractivity contribution in [2.24, 2.45) is 17.3 Å². The van der Waals surface area contributed by atoms with Gasteiger partial charge >= 0.3 is 0 Å². The van der Waals surface area contributed by atoms with Crippen molar-refractivity contribution in [2.45, 2.75) is 47.8 Å². The van der Waals surface area contributed by atoms with E-state index in [1.165, 1.54) is 11.1 Å². The predicted molar refractivity (Wildman–Crippen MR) is 129 cm³/mol. The highest BCUT2D eigenvalue weighted by Crippen LogP contribution is 2.71. The molecule has 1 aromatic rings. The van der Waals surface area contributed by atoms with Crippen LogP contribution in [0.15, 0.2) is 23.8 Å². The summed E-state index contributed by atoms with van der Waals surface area (Å²) in [5.74, 6) is 2.35. The number of rotatable bonds is 2. The average molecular weight is 548 g/mol. The number of methoxy groups -OCH3 is 2. The van der Waals surface area contributed by atoms with Crippen LogP contribution in [0.25, 0.3) is 0 Å². The van der Waals surface area contributed by atoms with E-state index in [1.807, 2.05) is 0 Å². The van der Waals surface area contributed by atoms with Gasteiger partial charge in [0.25, 0.3) is 0 Å². The molecular formula is C25H29IN2O4. The van der Waals surface area contributed by atoms with E-state index in [9.17, 15) is 4.79 Å². The standard InChI is InChI=1S/C25H29IN2O4/c1-24(2)18-12-5-8-32-20-17(18)21-25(6-7-27(11-12)23(24)25)13-9-15(30-3)16(31-4)10-14(13)28(21)22(29)19(20)26/h5,9-10,17-21,23H,6-8,11H2,1-4H3/t17-,18-,19?,20+,21-,23-,25-/m0/s1. The van der Waals surface area contributed by atoms with E-state index in [-0.39, 0.29) is 32.8 Å². The second-order valence-electron chi connectivity index (χ2n) is 10.9. The van der Waals surface area contributed by atoms with Gasteiger partial charge in [-0.2, -0.15) is 0 Å². The smallest absolute Gasteiger partial charge is 0.242 e. The molecule has 7 atom stereocenters. The first-order valence-corrected chi connectivity index (χ1v) is 12.9. The quantitative estimate of drug-likeness (QED) is 0.323. The first-order chi connectivity index (χ1) is 15.4. The van der Waals surface area contributed by atoms with Gasteiger partial charge in [0.1, 0.15) is 3.92 Å². The molecule has 1 unspecified atom stereocenters. The van der Waals surface area contributed by atoms with Crippen LogP contribution in [-0.4, -0.2) is 66.8 Å². The Bertz CT molecular complexity index is 1090. The number of halogens is 1. The number of benzene rings is 1. The van der Waals surface area contributed by atoms with Crippen molar-refractivity contribution in [3.05, 3.63) is 29.3 Å². The molecule has 1 amide bonds. The maximum absolute atomic E-state index is 13.9. The number of ether oxygens (including phenoxy) is 3. The van der Waals surface area contributed by atoms with Gasteiger partial charge in [-0.05, 0) is 35.9 Å². The molecule has 1 saturated carbocycles. The molecular weight excluding hydrogens is 519 g/mol. The van der Waals surface area contributed by atoms with E-state index >= 15 is 0 Å². The van der Waals surface area contributed by atoms with Crippen molar-refractivity contribution >= 4 is 34.2 Å². The van der Waals surface area contributed by atoms with Crippen molar-refractivity contribution in [3.63, 3.8) is 0 Å². The Morgan fingerprint density at radius 1 is 1.19 bits per heavy atom. The van der Waals surface area contributed by atoms with Gasteiger partial charge in [-0.3, -0.25) is 9.69 Å². The van der Waals surface area contributed by atoms with Crippen molar-refractivity contribution in [1.29, 1.82) is 0 Å². The normalized spacial score (nSPS) is 42.3. The highest BCUT2D eigenvalue weighted by Gasteiger charge is 2.76. The highest BCUT2D eigenvalue weighted by atomic mass is 127. The van der Waals surface area contributed by atoms with E-state index in [4.69, 9.17) is 14.2 Å². The molecule has 5 aliphatic heterocycles. The van der Waals surface area contributed by atoms with Crippen molar-refractivity contribution in [3.8, 4) is 11.5 Å². The van der Waals surface area contributed by atoms with Crippen molar-refractivity contribution in [1.82, 2.24) is 4.90 Å². The first kappa shape index (κ1) is 20.1. The largest absolute Gasteiger partial charge is 0.493 e. The van der Waals surface area contributed by atoms with Gasteiger partial charge in [-0.1, -0.05) is 48.1 Å². The van der Waals surface area contributed by atoms with E-state index in [0.717, 1.165) is 30.9 Å². The summed E-state index contributed by atoms with van der Waals surface area (Å²) in [6.07, 6.45) is 3.34. The van der Waals surface area contributed by atoms with Crippen LogP contribution in [0.2, 0.25) is 0 Å². The topological polar surface area (TPSA) is 51.2 Å². The number of piperidine rings is 2. The Morgan fingerprint density at radius 3 is 2.69 bits per heavy atom. The summed E-state index contributed by atoms with van der Waals surface area (Å²) in [7, 11) is 3.37. The number of carbonyl (C=O) groups excluding carboxylic acids is 1. The zero-order chi connectivity index (χ0) is 22.2. The van der Waals surface area contributed by atoms with Crippen LogP contribution in [0.4, 0.5) is 5.69 Å². The third kappa shape index (κ3) is 2.01. The lowest BCUT2D eigenvalue weighted by Crippen LogP contribution is -2.76. The average Bonchev–Trinajstić information content (AvgIpc) is 3.21.